The summed E-state index contributed by atoms with van der Waals surface area (Å²) >= 11 is 0. The maximum absolute atomic E-state index is 13.2. The molecular weight excluding hydrogens is 408 g/mol. The highest BCUT2D eigenvalue weighted by Gasteiger charge is 2.29. The van der Waals surface area contributed by atoms with Crippen LogP contribution in [0.2, 0.25) is 0 Å². The molecule has 0 bridgehead atoms. The summed E-state index contributed by atoms with van der Waals surface area (Å²) in [5.41, 5.74) is 11.1. The normalized spacial score (nSPS) is 17.0. The molecule has 1 amide bonds. The molecule has 0 aromatic heterocycles. The zero-order valence-corrected chi connectivity index (χ0v) is 19.1. The van der Waals surface area contributed by atoms with Gasteiger partial charge in [-0.05, 0) is 42.2 Å². The smallest absolute Gasteiger partial charge is 0.256 e. The van der Waals surface area contributed by atoms with Crippen LogP contribution in [0, 0.1) is 0 Å². The summed E-state index contributed by atoms with van der Waals surface area (Å²) in [4.78, 5) is 20.1. The van der Waals surface area contributed by atoms with Crippen LogP contribution < -0.4 is 10.6 Å². The fourth-order valence-electron chi connectivity index (χ4n) is 5.20. The minimum atomic E-state index is 0.115. The zero-order chi connectivity index (χ0) is 22.6. The lowest BCUT2D eigenvalue weighted by molar-refractivity contribution is 0.0793. The third-order valence-corrected chi connectivity index (χ3v) is 6.90. The summed E-state index contributed by atoms with van der Waals surface area (Å²) < 4.78 is 0. The molecule has 2 N–H and O–H groups in total. The van der Waals surface area contributed by atoms with Crippen LogP contribution in [0.5, 0.6) is 0 Å². The Balaban J connectivity index is 1.37. The van der Waals surface area contributed by atoms with Crippen molar-refractivity contribution in [3.63, 3.8) is 0 Å². The van der Waals surface area contributed by atoms with Crippen molar-refractivity contribution in [1.29, 1.82) is 0 Å². The van der Waals surface area contributed by atoms with Gasteiger partial charge in [0.15, 0.2) is 0 Å². The van der Waals surface area contributed by atoms with Gasteiger partial charge in [-0.1, -0.05) is 60.7 Å². The highest BCUT2D eigenvalue weighted by Crippen LogP contribution is 2.32. The van der Waals surface area contributed by atoms with Gasteiger partial charge >= 0.3 is 0 Å². The molecule has 33 heavy (non-hydrogen) atoms. The number of rotatable bonds is 5. The average molecular weight is 441 g/mol. The van der Waals surface area contributed by atoms with Crippen LogP contribution in [0.4, 0.5) is 11.4 Å². The van der Waals surface area contributed by atoms with Crippen molar-refractivity contribution in [2.75, 3.05) is 49.9 Å². The van der Waals surface area contributed by atoms with Crippen molar-refractivity contribution in [1.82, 2.24) is 9.80 Å². The first-order valence-electron chi connectivity index (χ1n) is 12.0. The topological polar surface area (TPSA) is 52.8 Å². The van der Waals surface area contributed by atoms with E-state index in [2.05, 4.69) is 70.5 Å². The third-order valence-electron chi connectivity index (χ3n) is 6.90. The van der Waals surface area contributed by atoms with Gasteiger partial charge in [0.25, 0.3) is 5.91 Å². The molecule has 3 aromatic rings. The fourth-order valence-corrected chi connectivity index (χ4v) is 5.20. The minimum Gasteiger partial charge on any atom is -0.399 e. The number of amides is 1. The van der Waals surface area contributed by atoms with Crippen LogP contribution in [-0.4, -0.2) is 55.0 Å². The quantitative estimate of drug-likeness (QED) is 0.597. The van der Waals surface area contributed by atoms with E-state index in [0.717, 1.165) is 63.4 Å². The molecule has 2 heterocycles. The van der Waals surface area contributed by atoms with Gasteiger partial charge in [0.05, 0.1) is 11.6 Å². The highest BCUT2D eigenvalue weighted by atomic mass is 16.2. The average Bonchev–Trinajstić information content (AvgIpc) is 3.41. The highest BCUT2D eigenvalue weighted by molar-refractivity contribution is 6.01. The Morgan fingerprint density at radius 3 is 1.88 bits per heavy atom. The molecule has 5 rings (SSSR count). The number of hydrogen-bond acceptors (Lipinski definition) is 4. The second-order valence-electron chi connectivity index (χ2n) is 9.02. The lowest BCUT2D eigenvalue weighted by atomic mass is 9.96. The summed E-state index contributed by atoms with van der Waals surface area (Å²) in [6, 6.07) is 27.5. The number of carbonyl (C=O) groups excluding carboxylic acids is 1. The Morgan fingerprint density at radius 2 is 1.30 bits per heavy atom. The Bertz CT molecular complexity index is 1030. The SMILES string of the molecule is Nc1ccc(N2CCN(C(c3ccccc3)c3ccccc3)CC2)c(C(=O)N2CCCC2)c1. The predicted molar refractivity (Wildman–Crippen MR) is 135 cm³/mol. The molecule has 5 nitrogen and oxygen atoms in total. The number of benzene rings is 3. The molecule has 0 aliphatic carbocycles. The van der Waals surface area contributed by atoms with Crippen molar-refractivity contribution in [2.24, 2.45) is 0 Å². The predicted octanol–water partition coefficient (Wildman–Crippen LogP) is 4.42. The van der Waals surface area contributed by atoms with E-state index in [1.54, 1.807) is 0 Å². The van der Waals surface area contributed by atoms with Crippen molar-refractivity contribution < 1.29 is 4.79 Å². The summed E-state index contributed by atoms with van der Waals surface area (Å²) in [6.07, 6.45) is 2.17. The Morgan fingerprint density at radius 1 is 0.727 bits per heavy atom. The number of nitrogen functional groups attached to an aromatic ring is 1. The van der Waals surface area contributed by atoms with Crippen molar-refractivity contribution >= 4 is 17.3 Å². The van der Waals surface area contributed by atoms with E-state index < -0.39 is 0 Å². The maximum Gasteiger partial charge on any atom is 0.256 e. The van der Waals surface area contributed by atoms with E-state index in [1.807, 2.05) is 23.1 Å². The maximum atomic E-state index is 13.2. The van der Waals surface area contributed by atoms with Gasteiger partial charge < -0.3 is 15.5 Å². The van der Waals surface area contributed by atoms with Crippen LogP contribution in [-0.2, 0) is 0 Å². The third kappa shape index (κ3) is 4.60. The Labute approximate surface area is 196 Å². The van der Waals surface area contributed by atoms with Gasteiger partial charge in [0.1, 0.15) is 0 Å². The lowest BCUT2D eigenvalue weighted by Crippen LogP contribution is -2.48. The van der Waals surface area contributed by atoms with Crippen molar-refractivity contribution in [3.8, 4) is 0 Å². The monoisotopic (exact) mass is 440 g/mol. The second kappa shape index (κ2) is 9.67. The van der Waals surface area contributed by atoms with Crippen LogP contribution in [0.25, 0.3) is 0 Å². The summed E-state index contributed by atoms with van der Waals surface area (Å²) in [7, 11) is 0. The van der Waals surface area contributed by atoms with E-state index in [4.69, 9.17) is 5.73 Å². The zero-order valence-electron chi connectivity index (χ0n) is 19.1. The summed E-state index contributed by atoms with van der Waals surface area (Å²) in [5, 5.41) is 0. The van der Waals surface area contributed by atoms with Crippen LogP contribution in [0.3, 0.4) is 0 Å². The molecule has 2 fully saturated rings. The first kappa shape index (κ1) is 21.5. The molecule has 2 aliphatic rings. The van der Waals surface area contributed by atoms with Gasteiger partial charge in [-0.2, -0.15) is 0 Å². The van der Waals surface area contributed by atoms with E-state index in [0.29, 0.717) is 5.69 Å². The van der Waals surface area contributed by atoms with Crippen LogP contribution in [0.15, 0.2) is 78.9 Å². The van der Waals surface area contributed by atoms with Crippen LogP contribution >= 0.6 is 0 Å². The molecule has 170 valence electrons. The number of nitrogens with two attached hydrogens (primary N) is 1. The van der Waals surface area contributed by atoms with Gasteiger partial charge in [-0.3, -0.25) is 9.69 Å². The van der Waals surface area contributed by atoms with Crippen molar-refractivity contribution in [3.05, 3.63) is 95.6 Å². The number of carbonyl (C=O) groups is 1. The number of nitrogens with zero attached hydrogens (tertiary/aromatic N) is 3. The minimum absolute atomic E-state index is 0.115. The summed E-state index contributed by atoms with van der Waals surface area (Å²) in [6.45, 7) is 5.29. The number of anilines is 2. The largest absolute Gasteiger partial charge is 0.399 e. The molecule has 0 saturated carbocycles. The molecule has 0 radical (unpaired) electrons. The molecule has 0 unspecified atom stereocenters. The molecule has 3 aromatic carbocycles. The van der Waals surface area contributed by atoms with Crippen LogP contribution in [0.1, 0.15) is 40.4 Å². The van der Waals surface area contributed by atoms with E-state index >= 15 is 0 Å². The standard InChI is InChI=1S/C28H32N4O/c29-24-13-14-26(25(21-24)28(33)32-15-7-8-16-32)30-17-19-31(20-18-30)27(22-9-3-1-4-10-22)23-11-5-2-6-12-23/h1-6,9-14,21,27H,7-8,15-20,29H2. The van der Waals surface area contributed by atoms with Gasteiger partial charge in [-0.15, -0.1) is 0 Å². The van der Waals surface area contributed by atoms with E-state index in [9.17, 15) is 4.79 Å². The first-order valence-corrected chi connectivity index (χ1v) is 12.0. The molecule has 2 aliphatic heterocycles. The van der Waals surface area contributed by atoms with Gasteiger partial charge in [0.2, 0.25) is 0 Å². The second-order valence-corrected chi connectivity index (χ2v) is 9.02. The lowest BCUT2D eigenvalue weighted by Gasteiger charge is -2.41. The number of likely N-dealkylation sites (tertiary alicyclic amines) is 1. The first-order chi connectivity index (χ1) is 16.2. The Hall–Kier alpha value is -3.31. The molecule has 2 saturated heterocycles. The Kier molecular flexibility index (Phi) is 6.31. The number of piperazine rings is 1. The molecule has 0 spiro atoms. The molecule has 0 atom stereocenters. The summed E-state index contributed by atoms with van der Waals surface area (Å²) in [5.74, 6) is 0.115. The van der Waals surface area contributed by atoms with Gasteiger partial charge in [0, 0.05) is 50.6 Å². The number of hydrogen-bond donors (Lipinski definition) is 1. The molecule has 5 heteroatoms. The fraction of sp³-hybridized carbons (Fsp3) is 0.321. The van der Waals surface area contributed by atoms with E-state index in [-0.39, 0.29) is 11.9 Å². The van der Waals surface area contributed by atoms with Crippen molar-refractivity contribution in [2.45, 2.75) is 18.9 Å². The van der Waals surface area contributed by atoms with Gasteiger partial charge in [-0.25, -0.2) is 0 Å². The molecular formula is C28H32N4O. The van der Waals surface area contributed by atoms with E-state index in [1.165, 1.54) is 11.1 Å².